The first-order valence-corrected chi connectivity index (χ1v) is 5.83. The molecule has 3 heteroatoms. The molecule has 0 radical (unpaired) electrons. The van der Waals surface area contributed by atoms with E-state index in [2.05, 4.69) is 13.8 Å². The zero-order chi connectivity index (χ0) is 12.6. The molecule has 1 aromatic heterocycles. The van der Waals surface area contributed by atoms with Crippen LogP contribution in [-0.2, 0) is 6.54 Å². The predicted octanol–water partition coefficient (Wildman–Crippen LogP) is 3.30. The fourth-order valence-corrected chi connectivity index (χ4v) is 2.31. The Labute approximate surface area is 101 Å². The molecule has 0 fully saturated rings. The first-order valence-electron chi connectivity index (χ1n) is 5.83. The number of hydrogen-bond donors (Lipinski definition) is 1. The molecule has 0 unspecified atom stereocenters. The maximum absolute atomic E-state index is 11.4. The van der Waals surface area contributed by atoms with Crippen molar-refractivity contribution >= 4 is 16.9 Å². The van der Waals surface area contributed by atoms with Crippen LogP contribution in [0.2, 0.25) is 0 Å². The van der Waals surface area contributed by atoms with E-state index in [0.29, 0.717) is 11.6 Å². The standard InChI is InChI=1S/C14H17NO2/c1-9(2)8-15-12-7-5-4-6-11(12)10(3)13(15)14(16)17/h4-7,9H,8H2,1-3H3,(H,16,17). The summed E-state index contributed by atoms with van der Waals surface area (Å²) >= 11 is 0. The van der Waals surface area contributed by atoms with Gasteiger partial charge in [-0.3, -0.25) is 0 Å². The molecule has 17 heavy (non-hydrogen) atoms. The van der Waals surface area contributed by atoms with Gasteiger partial charge in [0.1, 0.15) is 5.69 Å². The van der Waals surface area contributed by atoms with Crippen LogP contribution in [0.3, 0.4) is 0 Å². The molecule has 0 bridgehead atoms. The Hall–Kier alpha value is -1.77. The Morgan fingerprint density at radius 3 is 2.59 bits per heavy atom. The number of carboxylic acid groups (broad SMARTS) is 1. The molecule has 0 aliphatic rings. The monoisotopic (exact) mass is 231 g/mol. The summed E-state index contributed by atoms with van der Waals surface area (Å²) in [4.78, 5) is 11.4. The average Bonchev–Trinajstić information content (AvgIpc) is 2.52. The van der Waals surface area contributed by atoms with E-state index >= 15 is 0 Å². The van der Waals surface area contributed by atoms with Crippen LogP contribution in [0.1, 0.15) is 29.9 Å². The number of aromatic nitrogens is 1. The van der Waals surface area contributed by atoms with Crippen molar-refractivity contribution < 1.29 is 9.90 Å². The van der Waals surface area contributed by atoms with E-state index in [-0.39, 0.29) is 0 Å². The lowest BCUT2D eigenvalue weighted by Gasteiger charge is -2.11. The third-order valence-electron chi connectivity index (χ3n) is 2.97. The van der Waals surface area contributed by atoms with Crippen LogP contribution < -0.4 is 0 Å². The van der Waals surface area contributed by atoms with Crippen molar-refractivity contribution in [3.63, 3.8) is 0 Å². The Kier molecular flexibility index (Phi) is 2.92. The maximum Gasteiger partial charge on any atom is 0.352 e. The molecule has 0 atom stereocenters. The first kappa shape index (κ1) is 11.7. The summed E-state index contributed by atoms with van der Waals surface area (Å²) in [5.41, 5.74) is 2.28. The number of rotatable bonds is 3. The summed E-state index contributed by atoms with van der Waals surface area (Å²) in [6.45, 7) is 6.80. The summed E-state index contributed by atoms with van der Waals surface area (Å²) < 4.78 is 1.91. The molecule has 0 amide bonds. The van der Waals surface area contributed by atoms with Gasteiger partial charge in [0, 0.05) is 17.4 Å². The Bertz CT molecular complexity index is 567. The second kappa shape index (κ2) is 4.24. The van der Waals surface area contributed by atoms with Crippen molar-refractivity contribution in [1.29, 1.82) is 0 Å². The number of carbonyl (C=O) groups is 1. The highest BCUT2D eigenvalue weighted by Crippen LogP contribution is 2.26. The number of aromatic carboxylic acids is 1. The van der Waals surface area contributed by atoms with E-state index in [9.17, 15) is 9.90 Å². The summed E-state index contributed by atoms with van der Waals surface area (Å²) in [6.07, 6.45) is 0. The Morgan fingerprint density at radius 1 is 1.35 bits per heavy atom. The molecule has 2 rings (SSSR count). The van der Waals surface area contributed by atoms with Crippen LogP contribution in [0, 0.1) is 12.8 Å². The lowest BCUT2D eigenvalue weighted by molar-refractivity contribution is 0.0684. The number of fused-ring (bicyclic) bond motifs is 1. The van der Waals surface area contributed by atoms with Gasteiger partial charge in [-0.25, -0.2) is 4.79 Å². The van der Waals surface area contributed by atoms with E-state index in [1.165, 1.54) is 0 Å². The quantitative estimate of drug-likeness (QED) is 0.880. The van der Waals surface area contributed by atoms with Crippen LogP contribution in [0.25, 0.3) is 10.9 Å². The molecular formula is C14H17NO2. The molecule has 1 heterocycles. The van der Waals surface area contributed by atoms with Crippen molar-refractivity contribution in [3.8, 4) is 0 Å². The van der Waals surface area contributed by atoms with Crippen LogP contribution >= 0.6 is 0 Å². The largest absolute Gasteiger partial charge is 0.477 e. The maximum atomic E-state index is 11.4. The highest BCUT2D eigenvalue weighted by atomic mass is 16.4. The number of aryl methyl sites for hydroxylation is 1. The minimum Gasteiger partial charge on any atom is -0.477 e. The molecule has 3 nitrogen and oxygen atoms in total. The van der Waals surface area contributed by atoms with E-state index < -0.39 is 5.97 Å². The molecule has 1 aromatic carbocycles. The van der Waals surface area contributed by atoms with Gasteiger partial charge in [-0.1, -0.05) is 32.0 Å². The zero-order valence-electron chi connectivity index (χ0n) is 10.4. The Balaban J connectivity index is 2.76. The van der Waals surface area contributed by atoms with E-state index in [1.54, 1.807) is 0 Å². The van der Waals surface area contributed by atoms with Gasteiger partial charge in [-0.2, -0.15) is 0 Å². The summed E-state index contributed by atoms with van der Waals surface area (Å²) in [6, 6.07) is 7.86. The van der Waals surface area contributed by atoms with Crippen molar-refractivity contribution in [3.05, 3.63) is 35.5 Å². The SMILES string of the molecule is Cc1c(C(=O)O)n(CC(C)C)c2ccccc12. The molecule has 0 saturated carbocycles. The summed E-state index contributed by atoms with van der Waals surface area (Å²) in [5.74, 6) is -0.428. The number of hydrogen-bond acceptors (Lipinski definition) is 1. The van der Waals surface area contributed by atoms with Gasteiger partial charge in [0.05, 0.1) is 0 Å². The number of carboxylic acids is 1. The van der Waals surface area contributed by atoms with Crippen LogP contribution in [-0.4, -0.2) is 15.6 Å². The molecule has 90 valence electrons. The summed E-state index contributed by atoms with van der Waals surface area (Å²) in [7, 11) is 0. The van der Waals surface area contributed by atoms with Crippen molar-refractivity contribution in [2.24, 2.45) is 5.92 Å². The van der Waals surface area contributed by atoms with Gasteiger partial charge in [0.2, 0.25) is 0 Å². The van der Waals surface area contributed by atoms with Gasteiger partial charge < -0.3 is 9.67 Å². The molecule has 0 spiro atoms. The topological polar surface area (TPSA) is 42.2 Å². The third kappa shape index (κ3) is 1.93. The Morgan fingerprint density at radius 2 is 2.00 bits per heavy atom. The van der Waals surface area contributed by atoms with Gasteiger partial charge >= 0.3 is 5.97 Å². The average molecular weight is 231 g/mol. The minimum atomic E-state index is -0.848. The number of benzene rings is 1. The fraction of sp³-hybridized carbons (Fsp3) is 0.357. The first-order chi connectivity index (χ1) is 8.02. The van der Waals surface area contributed by atoms with E-state index in [4.69, 9.17) is 0 Å². The second-order valence-electron chi connectivity index (χ2n) is 4.80. The van der Waals surface area contributed by atoms with E-state index in [1.807, 2.05) is 35.8 Å². The number of para-hydroxylation sites is 1. The third-order valence-corrected chi connectivity index (χ3v) is 2.97. The van der Waals surface area contributed by atoms with Crippen LogP contribution in [0.15, 0.2) is 24.3 Å². The fourth-order valence-electron chi connectivity index (χ4n) is 2.31. The van der Waals surface area contributed by atoms with E-state index in [0.717, 1.165) is 23.0 Å². The lowest BCUT2D eigenvalue weighted by atomic mass is 10.1. The molecule has 2 aromatic rings. The van der Waals surface area contributed by atoms with Crippen molar-refractivity contribution in [1.82, 2.24) is 4.57 Å². The number of nitrogens with zero attached hydrogens (tertiary/aromatic N) is 1. The van der Waals surface area contributed by atoms with Gasteiger partial charge in [-0.15, -0.1) is 0 Å². The van der Waals surface area contributed by atoms with Crippen LogP contribution in [0.4, 0.5) is 0 Å². The van der Waals surface area contributed by atoms with Gasteiger partial charge in [0.25, 0.3) is 0 Å². The summed E-state index contributed by atoms with van der Waals surface area (Å²) in [5, 5.41) is 10.4. The molecule has 0 saturated heterocycles. The smallest absolute Gasteiger partial charge is 0.352 e. The van der Waals surface area contributed by atoms with Gasteiger partial charge in [-0.05, 0) is 24.5 Å². The van der Waals surface area contributed by atoms with Crippen molar-refractivity contribution in [2.45, 2.75) is 27.3 Å². The molecular weight excluding hydrogens is 214 g/mol. The molecule has 1 N–H and O–H groups in total. The zero-order valence-corrected chi connectivity index (χ0v) is 10.4. The second-order valence-corrected chi connectivity index (χ2v) is 4.80. The highest BCUT2D eigenvalue weighted by Gasteiger charge is 2.19. The minimum absolute atomic E-state index is 0.417. The highest BCUT2D eigenvalue weighted by molar-refractivity contribution is 5.98. The van der Waals surface area contributed by atoms with Gasteiger partial charge in [0.15, 0.2) is 0 Å². The molecule has 0 aliphatic carbocycles. The van der Waals surface area contributed by atoms with Crippen molar-refractivity contribution in [2.75, 3.05) is 0 Å². The normalized spacial score (nSPS) is 11.3. The lowest BCUT2D eigenvalue weighted by Crippen LogP contribution is -2.12. The predicted molar refractivity (Wildman–Crippen MR) is 68.5 cm³/mol. The molecule has 0 aliphatic heterocycles. The van der Waals surface area contributed by atoms with Crippen LogP contribution in [0.5, 0.6) is 0 Å².